The van der Waals surface area contributed by atoms with Crippen LogP contribution in [0, 0.1) is 5.41 Å². The van der Waals surface area contributed by atoms with Gasteiger partial charge in [-0.05, 0) is 59.2 Å². The number of piperidine rings is 2. The van der Waals surface area contributed by atoms with Gasteiger partial charge in [-0.2, -0.15) is 26.3 Å². The standard InChI is InChI=1S/C19H24F6N2O6/c1-15(2)19(32-13(29)17(20,21)22,33-14(30)18(23,24)25)16(12(28)31-15)6-3-9-27(10-16)11-4-7-26-8-5-11/h11,26H,3-10H2,1-2H3. The van der Waals surface area contributed by atoms with Crippen molar-refractivity contribution in [2.75, 3.05) is 26.2 Å². The van der Waals surface area contributed by atoms with Crippen LogP contribution in [0.3, 0.4) is 0 Å². The summed E-state index contributed by atoms with van der Waals surface area (Å²) in [6.07, 6.45) is -10.2. The van der Waals surface area contributed by atoms with Crippen LogP contribution >= 0.6 is 0 Å². The lowest BCUT2D eigenvalue weighted by atomic mass is 9.69. The van der Waals surface area contributed by atoms with Gasteiger partial charge < -0.3 is 19.5 Å². The molecule has 8 nitrogen and oxygen atoms in total. The van der Waals surface area contributed by atoms with E-state index in [1.807, 2.05) is 0 Å². The summed E-state index contributed by atoms with van der Waals surface area (Å²) >= 11 is 0. The molecule has 0 aromatic heterocycles. The van der Waals surface area contributed by atoms with Crippen molar-refractivity contribution in [3.05, 3.63) is 0 Å². The van der Waals surface area contributed by atoms with Crippen LogP contribution < -0.4 is 5.32 Å². The topological polar surface area (TPSA) is 94.2 Å². The van der Waals surface area contributed by atoms with E-state index in [4.69, 9.17) is 4.74 Å². The third-order valence-corrected chi connectivity index (χ3v) is 6.44. The summed E-state index contributed by atoms with van der Waals surface area (Å²) in [5.41, 5.74) is -4.63. The molecule has 33 heavy (non-hydrogen) atoms. The Bertz CT molecular complexity index is 780. The highest BCUT2D eigenvalue weighted by Crippen LogP contribution is 2.57. The van der Waals surface area contributed by atoms with Gasteiger partial charge in [0, 0.05) is 12.6 Å². The fraction of sp³-hybridized carbons (Fsp3) is 0.842. The molecule has 0 aromatic rings. The number of likely N-dealkylation sites (tertiary alicyclic amines) is 1. The lowest BCUT2D eigenvalue weighted by Gasteiger charge is -2.50. The van der Waals surface area contributed by atoms with Gasteiger partial charge in [-0.25, -0.2) is 9.59 Å². The normalized spacial score (nSPS) is 28.4. The number of carbonyl (C=O) groups is 3. The first-order chi connectivity index (χ1) is 15.1. The quantitative estimate of drug-likeness (QED) is 0.365. The molecule has 0 aromatic carbocycles. The Morgan fingerprint density at radius 1 is 1.03 bits per heavy atom. The van der Waals surface area contributed by atoms with Crippen LogP contribution in [0.4, 0.5) is 26.3 Å². The third-order valence-electron chi connectivity index (χ3n) is 6.44. The van der Waals surface area contributed by atoms with Crippen molar-refractivity contribution in [3.63, 3.8) is 0 Å². The minimum atomic E-state index is -5.63. The zero-order chi connectivity index (χ0) is 24.9. The third kappa shape index (κ3) is 4.38. The maximum Gasteiger partial charge on any atom is 0.491 e. The van der Waals surface area contributed by atoms with E-state index in [1.165, 1.54) is 0 Å². The molecular weight excluding hydrogens is 466 g/mol. The van der Waals surface area contributed by atoms with E-state index in [1.54, 1.807) is 4.90 Å². The average molecular weight is 490 g/mol. The predicted octanol–water partition coefficient (Wildman–Crippen LogP) is 2.06. The van der Waals surface area contributed by atoms with Crippen LogP contribution in [0.15, 0.2) is 0 Å². The highest BCUT2D eigenvalue weighted by molar-refractivity contribution is 5.86. The Hall–Kier alpha value is -2.09. The monoisotopic (exact) mass is 490 g/mol. The number of cyclic esters (lactones) is 1. The first-order valence-electron chi connectivity index (χ1n) is 10.3. The Balaban J connectivity index is 2.12. The van der Waals surface area contributed by atoms with Crippen LogP contribution in [0.1, 0.15) is 39.5 Å². The van der Waals surface area contributed by atoms with Crippen molar-refractivity contribution in [2.24, 2.45) is 5.41 Å². The number of carbonyl (C=O) groups excluding carboxylic acids is 3. The number of hydrogen-bond donors (Lipinski definition) is 1. The number of ether oxygens (including phenoxy) is 3. The minimum absolute atomic E-state index is 0.130. The molecule has 0 radical (unpaired) electrons. The number of hydrogen-bond acceptors (Lipinski definition) is 8. The molecule has 1 unspecified atom stereocenters. The van der Waals surface area contributed by atoms with Gasteiger partial charge in [-0.15, -0.1) is 0 Å². The molecular formula is C19H24F6N2O6. The van der Waals surface area contributed by atoms with E-state index in [2.05, 4.69) is 14.8 Å². The van der Waals surface area contributed by atoms with Crippen molar-refractivity contribution < 1.29 is 54.9 Å². The van der Waals surface area contributed by atoms with Crippen LogP contribution in [-0.4, -0.2) is 78.8 Å². The maximum atomic E-state index is 13.1. The van der Waals surface area contributed by atoms with E-state index < -0.39 is 53.6 Å². The lowest BCUT2D eigenvalue weighted by Crippen LogP contribution is -2.68. The van der Waals surface area contributed by atoms with Crippen LogP contribution in [-0.2, 0) is 28.6 Å². The number of rotatable bonds is 3. The van der Waals surface area contributed by atoms with Crippen molar-refractivity contribution in [1.82, 2.24) is 10.2 Å². The Kier molecular flexibility index (Phi) is 6.41. The van der Waals surface area contributed by atoms with Crippen LogP contribution in [0.25, 0.3) is 0 Å². The van der Waals surface area contributed by atoms with Crippen LogP contribution in [0.5, 0.6) is 0 Å². The fourth-order valence-corrected chi connectivity index (χ4v) is 4.95. The smallest absolute Gasteiger partial charge is 0.451 e. The van der Waals surface area contributed by atoms with Crippen LogP contribution in [0.2, 0.25) is 0 Å². The summed E-state index contributed by atoms with van der Waals surface area (Å²) in [7, 11) is 0. The number of halogens is 6. The van der Waals surface area contributed by atoms with Gasteiger partial charge in [-0.1, -0.05) is 0 Å². The second-order valence-electron chi connectivity index (χ2n) is 8.93. The summed E-state index contributed by atoms with van der Waals surface area (Å²) in [5, 5.41) is 3.13. The molecule has 3 heterocycles. The van der Waals surface area contributed by atoms with Crippen molar-refractivity contribution in [3.8, 4) is 0 Å². The van der Waals surface area contributed by atoms with Gasteiger partial charge in [0.15, 0.2) is 11.0 Å². The average Bonchev–Trinajstić information content (AvgIpc) is 2.85. The first kappa shape index (κ1) is 25.5. The van der Waals surface area contributed by atoms with Gasteiger partial charge in [0.2, 0.25) is 0 Å². The van der Waals surface area contributed by atoms with E-state index in [0.717, 1.165) is 13.8 Å². The molecule has 3 fully saturated rings. The number of nitrogens with zero attached hydrogens (tertiary/aromatic N) is 1. The number of alkyl halides is 6. The summed E-state index contributed by atoms with van der Waals surface area (Å²) in [6.45, 7) is 3.13. The molecule has 0 amide bonds. The molecule has 3 aliphatic rings. The van der Waals surface area contributed by atoms with Gasteiger partial charge in [0.05, 0.1) is 0 Å². The highest BCUT2D eigenvalue weighted by atomic mass is 19.4. The zero-order valence-corrected chi connectivity index (χ0v) is 17.9. The molecule has 3 aliphatic heterocycles. The molecule has 1 N–H and O–H groups in total. The van der Waals surface area contributed by atoms with Crippen molar-refractivity contribution >= 4 is 17.9 Å². The summed E-state index contributed by atoms with van der Waals surface area (Å²) in [6, 6.07) is -0.130. The second-order valence-corrected chi connectivity index (χ2v) is 8.93. The summed E-state index contributed by atoms with van der Waals surface area (Å²) < 4.78 is 93.1. The molecule has 1 spiro atoms. The largest absolute Gasteiger partial charge is 0.491 e. The van der Waals surface area contributed by atoms with E-state index in [0.29, 0.717) is 32.5 Å². The number of nitrogens with one attached hydrogen (secondary N) is 1. The summed E-state index contributed by atoms with van der Waals surface area (Å²) in [5.74, 6) is -10.3. The number of esters is 3. The van der Waals surface area contributed by atoms with Gasteiger partial charge >= 0.3 is 36.0 Å². The zero-order valence-electron chi connectivity index (χ0n) is 17.9. The van der Waals surface area contributed by atoms with Crippen molar-refractivity contribution in [1.29, 1.82) is 0 Å². The van der Waals surface area contributed by atoms with E-state index in [-0.39, 0.29) is 18.9 Å². The Labute approximate surface area is 184 Å². The van der Waals surface area contributed by atoms with Gasteiger partial charge in [0.25, 0.3) is 0 Å². The molecule has 0 bridgehead atoms. The molecule has 14 heteroatoms. The van der Waals surface area contributed by atoms with Gasteiger partial charge in [0.1, 0.15) is 0 Å². The van der Waals surface area contributed by atoms with E-state index >= 15 is 0 Å². The molecule has 0 saturated carbocycles. The van der Waals surface area contributed by atoms with Crippen molar-refractivity contribution in [2.45, 2.75) is 69.3 Å². The van der Waals surface area contributed by atoms with Gasteiger partial charge in [-0.3, -0.25) is 9.69 Å². The molecule has 188 valence electrons. The van der Waals surface area contributed by atoms with E-state index in [9.17, 15) is 40.7 Å². The SMILES string of the molecule is CC1(C)OC(=O)C2(CCCN(C3CCNCC3)C2)C1(OC(=O)C(F)(F)F)OC(=O)C(F)(F)F. The second kappa shape index (κ2) is 8.29. The summed E-state index contributed by atoms with van der Waals surface area (Å²) in [4.78, 5) is 38.5. The fourth-order valence-electron chi connectivity index (χ4n) is 4.95. The predicted molar refractivity (Wildman–Crippen MR) is 96.3 cm³/mol. The first-order valence-corrected chi connectivity index (χ1v) is 10.3. The molecule has 0 aliphatic carbocycles. The molecule has 1 atom stereocenters. The maximum absolute atomic E-state index is 13.1. The Morgan fingerprint density at radius 3 is 2.03 bits per heavy atom. The highest BCUT2D eigenvalue weighted by Gasteiger charge is 2.79. The lowest BCUT2D eigenvalue weighted by molar-refractivity contribution is -0.324. The molecule has 3 saturated heterocycles. The minimum Gasteiger partial charge on any atom is -0.451 e. The Morgan fingerprint density at radius 2 is 1.55 bits per heavy atom. The molecule has 3 rings (SSSR count).